The molecule has 174 valence electrons. The zero-order chi connectivity index (χ0) is 24.6. The average Bonchev–Trinajstić information content (AvgIpc) is 3.39. The Morgan fingerprint density at radius 2 is 2.00 bits per heavy atom. The van der Waals surface area contributed by atoms with Crippen LogP contribution in [0.25, 0.3) is 0 Å². The molecule has 3 heterocycles. The van der Waals surface area contributed by atoms with E-state index in [1.54, 1.807) is 27.0 Å². The third kappa shape index (κ3) is 3.80. The fourth-order valence-corrected chi connectivity index (χ4v) is 4.17. The molecule has 2 aromatic rings. The highest BCUT2D eigenvalue weighted by atomic mass is 19.1. The first-order valence-electron chi connectivity index (χ1n) is 10.5. The number of nitriles is 1. The van der Waals surface area contributed by atoms with Gasteiger partial charge in [-0.2, -0.15) is 5.26 Å². The molecule has 1 aromatic heterocycles. The summed E-state index contributed by atoms with van der Waals surface area (Å²) in [6, 6.07) is 5.35. The lowest BCUT2D eigenvalue weighted by Crippen LogP contribution is -2.67. The fourth-order valence-electron chi connectivity index (χ4n) is 4.17. The van der Waals surface area contributed by atoms with Crippen molar-refractivity contribution in [3.8, 4) is 6.07 Å². The predicted octanol–water partition coefficient (Wildman–Crippen LogP) is 1.98. The number of ether oxygens (including phenoxy) is 1. The molecule has 0 saturated carbocycles. The second-order valence-corrected chi connectivity index (χ2v) is 8.24. The number of Topliss-reactive ketones (excluding diaryl/α,β-unsaturated/α-hetero) is 1. The topological polar surface area (TPSA) is 126 Å². The maximum absolute atomic E-state index is 13.6. The number of rotatable bonds is 6. The van der Waals surface area contributed by atoms with Gasteiger partial charge < -0.3 is 19.9 Å². The van der Waals surface area contributed by atoms with Crippen molar-refractivity contribution < 1.29 is 23.5 Å². The number of nitrogens with zero attached hydrogens (tertiary/aromatic N) is 3. The Morgan fingerprint density at radius 3 is 2.59 bits per heavy atom. The van der Waals surface area contributed by atoms with Crippen LogP contribution in [0, 0.1) is 31.0 Å². The molecule has 2 aliphatic heterocycles. The van der Waals surface area contributed by atoms with Gasteiger partial charge in [-0.3, -0.25) is 19.4 Å². The Morgan fingerprint density at radius 1 is 1.26 bits per heavy atom. The highest BCUT2D eigenvalue weighted by Crippen LogP contribution is 2.26. The molecule has 0 bridgehead atoms. The summed E-state index contributed by atoms with van der Waals surface area (Å²) >= 11 is 0. The van der Waals surface area contributed by atoms with Crippen LogP contribution in [0.15, 0.2) is 35.3 Å². The van der Waals surface area contributed by atoms with Crippen LogP contribution in [0.3, 0.4) is 0 Å². The SMILES string of the molecule is Cc1c(C(=O)C(=O)NC2(C3=NCC=C3)COC2)c(C)n(C)c1C(=O)Nc1ccc(F)c(C#N)c1. The van der Waals surface area contributed by atoms with Gasteiger partial charge in [0.2, 0.25) is 0 Å². The van der Waals surface area contributed by atoms with E-state index in [1.165, 1.54) is 16.7 Å². The van der Waals surface area contributed by atoms with Gasteiger partial charge in [0.15, 0.2) is 0 Å². The van der Waals surface area contributed by atoms with Gasteiger partial charge in [-0.1, -0.05) is 6.08 Å². The number of carbonyl (C=O) groups is 3. The summed E-state index contributed by atoms with van der Waals surface area (Å²) in [5.74, 6) is -2.84. The predicted molar refractivity (Wildman–Crippen MR) is 121 cm³/mol. The lowest BCUT2D eigenvalue weighted by atomic mass is 9.90. The summed E-state index contributed by atoms with van der Waals surface area (Å²) in [6.07, 6.45) is 3.67. The van der Waals surface area contributed by atoms with Crippen molar-refractivity contribution in [1.82, 2.24) is 9.88 Å². The first-order chi connectivity index (χ1) is 16.2. The van der Waals surface area contributed by atoms with E-state index in [0.29, 0.717) is 23.5 Å². The molecule has 0 spiro atoms. The number of carbonyl (C=O) groups excluding carboxylic acids is 3. The third-order valence-electron chi connectivity index (χ3n) is 6.11. The van der Waals surface area contributed by atoms with Crippen LogP contribution >= 0.6 is 0 Å². The zero-order valence-corrected chi connectivity index (χ0v) is 18.9. The maximum atomic E-state index is 13.6. The van der Waals surface area contributed by atoms with Gasteiger partial charge in [-0.25, -0.2) is 4.39 Å². The number of ketones is 1. The summed E-state index contributed by atoms with van der Waals surface area (Å²) < 4.78 is 20.4. The fraction of sp³-hybridized carbons (Fsp3) is 0.292. The Hall–Kier alpha value is -4.10. The van der Waals surface area contributed by atoms with Gasteiger partial charge in [-0.05, 0) is 43.7 Å². The highest BCUT2D eigenvalue weighted by Gasteiger charge is 2.46. The minimum Gasteiger partial charge on any atom is -0.376 e. The van der Waals surface area contributed by atoms with Crippen LogP contribution in [0.4, 0.5) is 10.1 Å². The van der Waals surface area contributed by atoms with E-state index in [4.69, 9.17) is 10.00 Å². The lowest BCUT2D eigenvalue weighted by Gasteiger charge is -2.41. The molecule has 10 heteroatoms. The van der Waals surface area contributed by atoms with Crippen molar-refractivity contribution in [1.29, 1.82) is 5.26 Å². The number of nitrogens with one attached hydrogen (secondary N) is 2. The van der Waals surface area contributed by atoms with Gasteiger partial charge in [0.25, 0.3) is 17.6 Å². The van der Waals surface area contributed by atoms with Crippen LogP contribution in [0.5, 0.6) is 0 Å². The Bertz CT molecular complexity index is 1330. The van der Waals surface area contributed by atoms with Crippen LogP contribution in [0.2, 0.25) is 0 Å². The number of amides is 2. The third-order valence-corrected chi connectivity index (χ3v) is 6.11. The standard InChI is InChI=1S/C24H22FN5O4/c1-13-19(21(31)23(33)29-24(11-34-12-24)18-5-4-8-27-18)14(2)30(3)20(13)22(32)28-16-6-7-17(25)15(9-16)10-26/h4-7,9H,8,11-12H2,1-3H3,(H,28,32)(H,29,33). The molecule has 0 radical (unpaired) electrons. The molecular weight excluding hydrogens is 441 g/mol. The zero-order valence-electron chi connectivity index (χ0n) is 18.9. The summed E-state index contributed by atoms with van der Waals surface area (Å²) in [7, 11) is 1.61. The molecule has 2 aliphatic rings. The second kappa shape index (κ2) is 8.68. The molecule has 0 aliphatic carbocycles. The van der Waals surface area contributed by atoms with Crippen molar-refractivity contribution >= 4 is 29.0 Å². The van der Waals surface area contributed by atoms with Gasteiger partial charge in [0.1, 0.15) is 23.1 Å². The van der Waals surface area contributed by atoms with E-state index in [2.05, 4.69) is 15.6 Å². The van der Waals surface area contributed by atoms with Gasteiger partial charge in [0, 0.05) is 18.4 Å². The molecule has 1 saturated heterocycles. The minimum atomic E-state index is -0.836. The van der Waals surface area contributed by atoms with Crippen molar-refractivity contribution in [2.24, 2.45) is 12.0 Å². The van der Waals surface area contributed by atoms with Crippen molar-refractivity contribution in [3.05, 3.63) is 64.2 Å². The van der Waals surface area contributed by atoms with Crippen LogP contribution in [-0.4, -0.2) is 53.2 Å². The van der Waals surface area contributed by atoms with E-state index >= 15 is 0 Å². The molecule has 0 unspecified atom stereocenters. The molecule has 1 fully saturated rings. The van der Waals surface area contributed by atoms with Crippen LogP contribution < -0.4 is 10.6 Å². The normalized spacial score (nSPS) is 15.8. The Balaban J connectivity index is 1.59. The molecule has 2 amide bonds. The number of hydrogen-bond donors (Lipinski definition) is 2. The first-order valence-corrected chi connectivity index (χ1v) is 10.5. The van der Waals surface area contributed by atoms with Gasteiger partial charge in [0.05, 0.1) is 36.6 Å². The maximum Gasteiger partial charge on any atom is 0.293 e. The van der Waals surface area contributed by atoms with Crippen molar-refractivity contribution in [3.63, 3.8) is 0 Å². The van der Waals surface area contributed by atoms with E-state index in [0.717, 1.165) is 6.07 Å². The summed E-state index contributed by atoms with van der Waals surface area (Å²) in [6.45, 7) is 4.18. The number of aromatic nitrogens is 1. The van der Waals surface area contributed by atoms with Gasteiger partial charge in [-0.15, -0.1) is 0 Å². The average molecular weight is 463 g/mol. The number of anilines is 1. The molecule has 4 rings (SSSR count). The molecule has 1 aromatic carbocycles. The molecule has 9 nitrogen and oxygen atoms in total. The summed E-state index contributed by atoms with van der Waals surface area (Å²) in [4.78, 5) is 43.4. The largest absolute Gasteiger partial charge is 0.376 e. The smallest absolute Gasteiger partial charge is 0.293 e. The number of aliphatic imine (C=N–C) groups is 1. The van der Waals surface area contributed by atoms with E-state index < -0.39 is 29.0 Å². The first kappa shape index (κ1) is 23.1. The van der Waals surface area contributed by atoms with E-state index in [1.807, 2.05) is 12.2 Å². The molecule has 2 N–H and O–H groups in total. The second-order valence-electron chi connectivity index (χ2n) is 8.24. The highest BCUT2D eigenvalue weighted by molar-refractivity contribution is 6.44. The summed E-state index contributed by atoms with van der Waals surface area (Å²) in [5, 5.41) is 14.4. The van der Waals surface area contributed by atoms with E-state index in [9.17, 15) is 18.8 Å². The minimum absolute atomic E-state index is 0.126. The quantitative estimate of drug-likeness (QED) is 0.501. The number of halogens is 1. The van der Waals surface area contributed by atoms with Crippen molar-refractivity contribution in [2.75, 3.05) is 25.1 Å². The van der Waals surface area contributed by atoms with Crippen LogP contribution in [0.1, 0.15) is 37.7 Å². The molecular formula is C24H22FN5O4. The molecule has 0 atom stereocenters. The molecule has 34 heavy (non-hydrogen) atoms. The van der Waals surface area contributed by atoms with Gasteiger partial charge >= 0.3 is 0 Å². The monoisotopic (exact) mass is 463 g/mol. The number of hydrogen-bond acceptors (Lipinski definition) is 6. The van der Waals surface area contributed by atoms with Crippen molar-refractivity contribution in [2.45, 2.75) is 19.4 Å². The Kier molecular flexibility index (Phi) is 5.89. The number of benzene rings is 1. The van der Waals surface area contributed by atoms with Crippen LogP contribution in [-0.2, 0) is 16.6 Å². The lowest BCUT2D eigenvalue weighted by molar-refractivity contribution is -0.123. The Labute approximate surface area is 194 Å². The summed E-state index contributed by atoms with van der Waals surface area (Å²) in [5.41, 5.74) is 0.913. The van der Waals surface area contributed by atoms with E-state index in [-0.39, 0.29) is 35.7 Å².